The number of aromatic carboxylic acids is 1. The van der Waals surface area contributed by atoms with Crippen molar-refractivity contribution < 1.29 is 19.4 Å². The first-order chi connectivity index (χ1) is 9.49. The Morgan fingerprint density at radius 2 is 1.95 bits per heavy atom. The van der Waals surface area contributed by atoms with E-state index in [-0.39, 0.29) is 27.8 Å². The summed E-state index contributed by atoms with van der Waals surface area (Å²) in [5.74, 6) is -1.68. The van der Waals surface area contributed by atoms with Crippen LogP contribution in [0, 0.1) is 0 Å². The van der Waals surface area contributed by atoms with Gasteiger partial charge in [-0.05, 0) is 12.1 Å². The number of carboxylic acid groups (broad SMARTS) is 1. The molecule has 2 aromatic rings. The molecule has 0 radical (unpaired) electrons. The van der Waals surface area contributed by atoms with Crippen LogP contribution in [0.5, 0.6) is 11.6 Å². The number of carboxylic acids is 1. The fourth-order valence-corrected chi connectivity index (χ4v) is 1.70. The van der Waals surface area contributed by atoms with Gasteiger partial charge in [-0.1, -0.05) is 23.7 Å². The van der Waals surface area contributed by atoms with E-state index in [0.29, 0.717) is 0 Å². The van der Waals surface area contributed by atoms with Crippen molar-refractivity contribution in [3.05, 3.63) is 52.7 Å². The second-order valence-corrected chi connectivity index (χ2v) is 4.18. The van der Waals surface area contributed by atoms with E-state index in [1.807, 2.05) is 0 Å². The third-order valence-corrected chi connectivity index (χ3v) is 2.73. The van der Waals surface area contributed by atoms with Crippen molar-refractivity contribution in [2.75, 3.05) is 0 Å². The van der Waals surface area contributed by atoms with Gasteiger partial charge in [0.2, 0.25) is 5.88 Å². The van der Waals surface area contributed by atoms with Crippen LogP contribution in [0.4, 0.5) is 0 Å². The van der Waals surface area contributed by atoms with Gasteiger partial charge in [-0.15, -0.1) is 0 Å². The molecule has 0 atom stereocenters. The maximum Gasteiger partial charge on any atom is 0.337 e. The smallest absolute Gasteiger partial charge is 0.337 e. The number of ether oxygens (including phenoxy) is 1. The summed E-state index contributed by atoms with van der Waals surface area (Å²) < 4.78 is 5.38. The lowest BCUT2D eigenvalue weighted by Gasteiger charge is -2.09. The fraction of sp³-hybridized carbons (Fsp3) is 0. The van der Waals surface area contributed by atoms with Gasteiger partial charge in [-0.2, -0.15) is 0 Å². The van der Waals surface area contributed by atoms with Crippen LogP contribution in [0.3, 0.4) is 0 Å². The number of pyridine rings is 1. The number of hydrogen-bond donors (Lipinski definition) is 2. The number of nitrogens with two attached hydrogens (primary N) is 1. The van der Waals surface area contributed by atoms with Crippen molar-refractivity contribution in [2.45, 2.75) is 0 Å². The summed E-state index contributed by atoms with van der Waals surface area (Å²) in [5.41, 5.74) is 5.24. The highest BCUT2D eigenvalue weighted by molar-refractivity contribution is 6.33. The molecule has 1 amide bonds. The van der Waals surface area contributed by atoms with Crippen molar-refractivity contribution in [3.8, 4) is 11.6 Å². The van der Waals surface area contributed by atoms with Gasteiger partial charge in [0.1, 0.15) is 5.75 Å². The fourth-order valence-electron chi connectivity index (χ4n) is 1.51. The van der Waals surface area contributed by atoms with E-state index < -0.39 is 11.9 Å². The van der Waals surface area contributed by atoms with Crippen LogP contribution < -0.4 is 10.5 Å². The zero-order valence-corrected chi connectivity index (χ0v) is 10.8. The van der Waals surface area contributed by atoms with E-state index >= 15 is 0 Å². The summed E-state index contributed by atoms with van der Waals surface area (Å²) in [4.78, 5) is 26.1. The van der Waals surface area contributed by atoms with Gasteiger partial charge in [-0.3, -0.25) is 4.79 Å². The lowest BCUT2D eigenvalue weighted by atomic mass is 10.2. The van der Waals surface area contributed by atoms with Crippen molar-refractivity contribution in [2.24, 2.45) is 5.73 Å². The molecular weight excluding hydrogens is 284 g/mol. The summed E-state index contributed by atoms with van der Waals surface area (Å²) in [6, 6.07) is 7.46. The molecule has 1 heterocycles. The van der Waals surface area contributed by atoms with E-state index in [4.69, 9.17) is 27.2 Å². The predicted molar refractivity (Wildman–Crippen MR) is 71.2 cm³/mol. The van der Waals surface area contributed by atoms with Crippen LogP contribution in [-0.2, 0) is 0 Å². The summed E-state index contributed by atoms with van der Waals surface area (Å²) >= 11 is 5.70. The third-order valence-electron chi connectivity index (χ3n) is 2.43. The van der Waals surface area contributed by atoms with Crippen LogP contribution in [0.15, 0.2) is 36.5 Å². The minimum atomic E-state index is -1.20. The van der Waals surface area contributed by atoms with Crippen molar-refractivity contribution >= 4 is 23.5 Å². The van der Waals surface area contributed by atoms with Crippen LogP contribution in [0.25, 0.3) is 0 Å². The van der Waals surface area contributed by atoms with Gasteiger partial charge < -0.3 is 15.6 Å². The van der Waals surface area contributed by atoms with E-state index in [2.05, 4.69) is 4.98 Å². The van der Waals surface area contributed by atoms with Crippen LogP contribution in [0.2, 0.25) is 5.02 Å². The number of para-hydroxylation sites is 1. The molecule has 0 bridgehead atoms. The van der Waals surface area contributed by atoms with Gasteiger partial charge in [0.05, 0.1) is 22.3 Å². The van der Waals surface area contributed by atoms with Crippen molar-refractivity contribution in [1.82, 2.24) is 4.98 Å². The SMILES string of the molecule is NC(=O)c1ccccc1Oc1cc(C(=O)O)c(Cl)cn1. The number of carbonyl (C=O) groups excluding carboxylic acids is 1. The lowest BCUT2D eigenvalue weighted by Crippen LogP contribution is -2.12. The van der Waals surface area contributed by atoms with Gasteiger partial charge in [0.15, 0.2) is 0 Å². The van der Waals surface area contributed by atoms with E-state index in [0.717, 1.165) is 6.20 Å². The third kappa shape index (κ3) is 2.86. The monoisotopic (exact) mass is 292 g/mol. The minimum absolute atomic E-state index is 0.000463. The van der Waals surface area contributed by atoms with Gasteiger partial charge in [0, 0.05) is 6.07 Å². The largest absolute Gasteiger partial charge is 0.478 e. The molecule has 1 aromatic heterocycles. The minimum Gasteiger partial charge on any atom is -0.478 e. The molecule has 2 rings (SSSR count). The second-order valence-electron chi connectivity index (χ2n) is 3.77. The molecule has 0 unspecified atom stereocenters. The molecule has 0 spiro atoms. The summed E-state index contributed by atoms with van der Waals surface area (Å²) in [7, 11) is 0. The summed E-state index contributed by atoms with van der Waals surface area (Å²) in [6.45, 7) is 0. The van der Waals surface area contributed by atoms with E-state index in [9.17, 15) is 9.59 Å². The zero-order valence-electron chi connectivity index (χ0n) is 10.0. The van der Waals surface area contributed by atoms with Crippen LogP contribution in [0.1, 0.15) is 20.7 Å². The Labute approximate surface area is 118 Å². The van der Waals surface area contributed by atoms with E-state index in [1.54, 1.807) is 12.1 Å². The molecule has 0 saturated heterocycles. The number of rotatable bonds is 4. The molecular formula is C13H9ClN2O4. The highest BCUT2D eigenvalue weighted by Crippen LogP contribution is 2.26. The number of benzene rings is 1. The molecule has 0 fully saturated rings. The first-order valence-corrected chi connectivity index (χ1v) is 5.82. The average molecular weight is 293 g/mol. The van der Waals surface area contributed by atoms with Crippen molar-refractivity contribution in [1.29, 1.82) is 0 Å². The highest BCUT2D eigenvalue weighted by Gasteiger charge is 2.14. The molecule has 7 heteroatoms. The Morgan fingerprint density at radius 1 is 1.25 bits per heavy atom. The second kappa shape index (κ2) is 5.58. The molecule has 1 aromatic carbocycles. The normalized spacial score (nSPS) is 10.1. The van der Waals surface area contributed by atoms with Crippen molar-refractivity contribution in [3.63, 3.8) is 0 Å². The average Bonchev–Trinajstić information content (AvgIpc) is 2.41. The first kappa shape index (κ1) is 13.8. The number of carbonyl (C=O) groups is 2. The molecule has 0 aliphatic rings. The summed E-state index contributed by atoms with van der Waals surface area (Å²) in [6.07, 6.45) is 1.16. The lowest BCUT2D eigenvalue weighted by molar-refractivity contribution is 0.0696. The van der Waals surface area contributed by atoms with E-state index in [1.165, 1.54) is 18.2 Å². The number of amides is 1. The number of primary amides is 1. The number of aromatic nitrogens is 1. The molecule has 6 nitrogen and oxygen atoms in total. The standard InChI is InChI=1S/C13H9ClN2O4/c14-9-6-16-11(5-8(9)13(18)19)20-10-4-2-1-3-7(10)12(15)17/h1-6H,(H2,15,17)(H,18,19). The Hall–Kier alpha value is -2.60. The Bertz CT molecular complexity index is 688. The topological polar surface area (TPSA) is 103 Å². The molecule has 0 aliphatic heterocycles. The highest BCUT2D eigenvalue weighted by atomic mass is 35.5. The molecule has 102 valence electrons. The quantitative estimate of drug-likeness (QED) is 0.900. The van der Waals surface area contributed by atoms with Crippen LogP contribution >= 0.6 is 11.6 Å². The number of hydrogen-bond acceptors (Lipinski definition) is 4. The van der Waals surface area contributed by atoms with Gasteiger partial charge >= 0.3 is 5.97 Å². The summed E-state index contributed by atoms with van der Waals surface area (Å²) in [5, 5.41) is 8.95. The maximum absolute atomic E-state index is 11.2. The Kier molecular flexibility index (Phi) is 3.86. The molecule has 0 saturated carbocycles. The Balaban J connectivity index is 2.38. The number of halogens is 1. The van der Waals surface area contributed by atoms with Gasteiger partial charge in [0.25, 0.3) is 5.91 Å². The first-order valence-electron chi connectivity index (χ1n) is 5.44. The number of nitrogens with zero attached hydrogens (tertiary/aromatic N) is 1. The molecule has 0 aliphatic carbocycles. The van der Waals surface area contributed by atoms with Gasteiger partial charge in [-0.25, -0.2) is 9.78 Å². The predicted octanol–water partition coefficient (Wildman–Crippen LogP) is 2.32. The maximum atomic E-state index is 11.2. The molecule has 3 N–H and O–H groups in total. The zero-order chi connectivity index (χ0) is 14.7. The Morgan fingerprint density at radius 3 is 2.60 bits per heavy atom. The van der Waals surface area contributed by atoms with Crippen LogP contribution in [-0.4, -0.2) is 22.0 Å². The molecule has 20 heavy (non-hydrogen) atoms.